The van der Waals surface area contributed by atoms with Crippen LogP contribution in [0, 0.1) is 5.92 Å². The van der Waals surface area contributed by atoms with E-state index in [0.29, 0.717) is 11.5 Å². The summed E-state index contributed by atoms with van der Waals surface area (Å²) in [6.45, 7) is 9.60. The van der Waals surface area contributed by atoms with E-state index < -0.39 is 0 Å². The summed E-state index contributed by atoms with van der Waals surface area (Å²) in [6.07, 6.45) is 0.968. The number of phenolic OH excluding ortho intramolecular Hbond substituents is 1. The van der Waals surface area contributed by atoms with Gasteiger partial charge < -0.3 is 5.11 Å². The summed E-state index contributed by atoms with van der Waals surface area (Å²) in [6, 6.07) is 8.71. The van der Waals surface area contributed by atoms with E-state index in [-0.39, 0.29) is 5.92 Å². The van der Waals surface area contributed by atoms with Crippen molar-refractivity contribution in [3.8, 4) is 5.75 Å². The van der Waals surface area contributed by atoms with E-state index in [1.165, 1.54) is 0 Å². The van der Waals surface area contributed by atoms with Gasteiger partial charge in [-0.3, -0.25) is 4.79 Å². The minimum Gasteiger partial charge on any atom is -0.508 e. The number of hydrogen-bond acceptors (Lipinski definition) is 2. The lowest BCUT2D eigenvalue weighted by Gasteiger charge is -1.98. The van der Waals surface area contributed by atoms with Crippen LogP contribution in [0.5, 0.6) is 5.75 Å². The van der Waals surface area contributed by atoms with Gasteiger partial charge in [0.05, 0.1) is 0 Å². The van der Waals surface area contributed by atoms with Crippen molar-refractivity contribution in [1.29, 1.82) is 0 Å². The molecular formula is C14H24O2. The van der Waals surface area contributed by atoms with Gasteiger partial charge in [0.25, 0.3) is 0 Å². The van der Waals surface area contributed by atoms with Crippen LogP contribution in [0.3, 0.4) is 0 Å². The number of benzene rings is 1. The van der Waals surface area contributed by atoms with Gasteiger partial charge in [0.15, 0.2) is 0 Å². The summed E-state index contributed by atoms with van der Waals surface area (Å²) in [5.41, 5.74) is 0. The summed E-state index contributed by atoms with van der Waals surface area (Å²) < 4.78 is 0. The number of hydrogen-bond donors (Lipinski definition) is 1. The molecule has 1 aromatic rings. The molecule has 16 heavy (non-hydrogen) atoms. The number of Topliss-reactive ketones (excluding diaryl/α,β-unsaturated/α-hetero) is 1. The summed E-state index contributed by atoms with van der Waals surface area (Å²) in [5.74, 6) is 0.880. The van der Waals surface area contributed by atoms with Gasteiger partial charge in [0, 0.05) is 5.92 Å². The summed E-state index contributed by atoms with van der Waals surface area (Å²) in [4.78, 5) is 10.4. The van der Waals surface area contributed by atoms with Gasteiger partial charge in [-0.25, -0.2) is 0 Å². The zero-order valence-electron chi connectivity index (χ0n) is 11.0. The first kappa shape index (κ1) is 17.1. The smallest absolute Gasteiger partial charge is 0.132 e. The van der Waals surface area contributed by atoms with Crippen LogP contribution < -0.4 is 0 Å². The van der Waals surface area contributed by atoms with Gasteiger partial charge in [-0.05, 0) is 25.5 Å². The Morgan fingerprint density at radius 3 is 1.81 bits per heavy atom. The minimum absolute atomic E-state index is 0.264. The number of rotatable bonds is 2. The fourth-order valence-corrected chi connectivity index (χ4v) is 0.715. The molecule has 1 atom stereocenters. The van der Waals surface area contributed by atoms with Crippen LogP contribution in [0.1, 0.15) is 41.0 Å². The standard InChI is InChI=1S/C6H6O.C6H12O.C2H6/c7-6-4-2-1-3-5-6;1-4-5(2)6(3)7;1-2/h1-5,7H;5H,4H2,1-3H3;1-2H3. The molecule has 0 aliphatic heterocycles. The first-order chi connectivity index (χ1) is 7.57. The SMILES string of the molecule is CC.CCC(C)C(C)=O.Oc1ccccc1. The Kier molecular flexibility index (Phi) is 12.6. The summed E-state index contributed by atoms with van der Waals surface area (Å²) >= 11 is 0. The Morgan fingerprint density at radius 2 is 1.69 bits per heavy atom. The van der Waals surface area contributed by atoms with Crippen LogP contribution in [0.25, 0.3) is 0 Å². The summed E-state index contributed by atoms with van der Waals surface area (Å²) in [5, 5.41) is 8.63. The molecule has 1 N–H and O–H groups in total. The van der Waals surface area contributed by atoms with Crippen LogP contribution in [0.2, 0.25) is 0 Å². The van der Waals surface area contributed by atoms with Crippen molar-refractivity contribution < 1.29 is 9.90 Å². The van der Waals surface area contributed by atoms with Gasteiger partial charge in [-0.15, -0.1) is 0 Å². The molecule has 0 amide bonds. The molecule has 1 aromatic carbocycles. The van der Waals surface area contributed by atoms with Crippen molar-refractivity contribution in [2.24, 2.45) is 5.92 Å². The maximum Gasteiger partial charge on any atom is 0.132 e. The van der Waals surface area contributed by atoms with Crippen LogP contribution in [-0.4, -0.2) is 10.9 Å². The van der Waals surface area contributed by atoms with Gasteiger partial charge >= 0.3 is 0 Å². The summed E-state index contributed by atoms with van der Waals surface area (Å²) in [7, 11) is 0. The molecule has 1 unspecified atom stereocenters. The second-order valence-corrected chi connectivity index (χ2v) is 3.26. The molecule has 0 spiro atoms. The Labute approximate surface area is 99.3 Å². The number of ketones is 1. The van der Waals surface area contributed by atoms with Crippen LogP contribution in [-0.2, 0) is 4.79 Å². The average Bonchev–Trinajstić information content (AvgIpc) is 2.32. The highest BCUT2D eigenvalue weighted by molar-refractivity contribution is 5.77. The van der Waals surface area contributed by atoms with E-state index in [0.717, 1.165) is 6.42 Å². The third-order valence-corrected chi connectivity index (χ3v) is 2.06. The van der Waals surface area contributed by atoms with Crippen molar-refractivity contribution >= 4 is 5.78 Å². The number of carbonyl (C=O) groups is 1. The molecule has 1 rings (SSSR count). The molecule has 0 aliphatic carbocycles. The fourth-order valence-electron chi connectivity index (χ4n) is 0.715. The van der Waals surface area contributed by atoms with Gasteiger partial charge in [0.2, 0.25) is 0 Å². The first-order valence-corrected chi connectivity index (χ1v) is 5.82. The molecule has 2 nitrogen and oxygen atoms in total. The van der Waals surface area contributed by atoms with Crippen molar-refractivity contribution in [3.05, 3.63) is 30.3 Å². The van der Waals surface area contributed by atoms with E-state index in [1.807, 2.05) is 33.8 Å². The quantitative estimate of drug-likeness (QED) is 0.823. The van der Waals surface area contributed by atoms with E-state index >= 15 is 0 Å². The lowest BCUT2D eigenvalue weighted by atomic mass is 10.1. The van der Waals surface area contributed by atoms with Gasteiger partial charge in [-0.2, -0.15) is 0 Å². The molecule has 0 aromatic heterocycles. The van der Waals surface area contributed by atoms with E-state index in [9.17, 15) is 4.79 Å². The van der Waals surface area contributed by atoms with Crippen LogP contribution in [0.15, 0.2) is 30.3 Å². The zero-order valence-corrected chi connectivity index (χ0v) is 11.0. The molecule has 0 fully saturated rings. The number of carbonyl (C=O) groups excluding carboxylic acids is 1. The Morgan fingerprint density at radius 1 is 1.25 bits per heavy atom. The molecule has 0 aliphatic rings. The Bertz CT molecular complexity index is 255. The van der Waals surface area contributed by atoms with Crippen LogP contribution >= 0.6 is 0 Å². The van der Waals surface area contributed by atoms with E-state index in [2.05, 4.69) is 0 Å². The second-order valence-electron chi connectivity index (χ2n) is 3.26. The van der Waals surface area contributed by atoms with Gasteiger partial charge in [-0.1, -0.05) is 45.9 Å². The molecule has 0 saturated heterocycles. The molecule has 0 saturated carbocycles. The largest absolute Gasteiger partial charge is 0.508 e. The second kappa shape index (κ2) is 11.8. The van der Waals surface area contributed by atoms with E-state index in [1.54, 1.807) is 31.2 Å². The normalized spacial score (nSPS) is 10.1. The van der Waals surface area contributed by atoms with Crippen molar-refractivity contribution in [3.63, 3.8) is 0 Å². The monoisotopic (exact) mass is 224 g/mol. The van der Waals surface area contributed by atoms with Crippen LogP contribution in [0.4, 0.5) is 0 Å². The lowest BCUT2D eigenvalue weighted by molar-refractivity contribution is -0.120. The Balaban J connectivity index is 0. The lowest BCUT2D eigenvalue weighted by Crippen LogP contribution is -2.03. The highest BCUT2D eigenvalue weighted by Crippen LogP contribution is 2.02. The highest BCUT2D eigenvalue weighted by atomic mass is 16.3. The van der Waals surface area contributed by atoms with E-state index in [4.69, 9.17) is 5.11 Å². The van der Waals surface area contributed by atoms with Crippen molar-refractivity contribution in [2.45, 2.75) is 41.0 Å². The fraction of sp³-hybridized carbons (Fsp3) is 0.500. The third-order valence-electron chi connectivity index (χ3n) is 2.06. The number of aromatic hydroxyl groups is 1. The highest BCUT2D eigenvalue weighted by Gasteiger charge is 2.01. The van der Waals surface area contributed by atoms with Gasteiger partial charge in [0.1, 0.15) is 11.5 Å². The topological polar surface area (TPSA) is 37.3 Å². The average molecular weight is 224 g/mol. The number of para-hydroxylation sites is 1. The molecule has 0 radical (unpaired) electrons. The zero-order chi connectivity index (χ0) is 13.0. The number of phenols is 1. The minimum atomic E-state index is 0.264. The predicted molar refractivity (Wildman–Crippen MR) is 69.6 cm³/mol. The molecule has 0 heterocycles. The van der Waals surface area contributed by atoms with Crippen molar-refractivity contribution in [1.82, 2.24) is 0 Å². The first-order valence-electron chi connectivity index (χ1n) is 5.82. The molecule has 2 heteroatoms. The molecule has 0 bridgehead atoms. The van der Waals surface area contributed by atoms with Crippen molar-refractivity contribution in [2.75, 3.05) is 0 Å². The maximum atomic E-state index is 10.4. The predicted octanol–water partition coefficient (Wildman–Crippen LogP) is 4.04. The molecule has 92 valence electrons. The molecular weight excluding hydrogens is 200 g/mol. The maximum absolute atomic E-state index is 10.4. The third kappa shape index (κ3) is 10.8. The Hall–Kier alpha value is -1.31.